The van der Waals surface area contributed by atoms with Gasteiger partial charge in [0.2, 0.25) is 0 Å². The summed E-state index contributed by atoms with van der Waals surface area (Å²) in [4.78, 5) is 22.8. The van der Waals surface area contributed by atoms with Crippen molar-refractivity contribution in [2.45, 2.75) is 51.6 Å². The highest BCUT2D eigenvalue weighted by Gasteiger charge is 2.52. The lowest BCUT2D eigenvalue weighted by Crippen LogP contribution is -2.40. The third-order valence-electron chi connectivity index (χ3n) is 4.55. The lowest BCUT2D eigenvalue weighted by atomic mass is 9.82. The second-order valence-corrected chi connectivity index (χ2v) is 5.77. The van der Waals surface area contributed by atoms with Crippen molar-refractivity contribution in [2.24, 2.45) is 11.8 Å². The summed E-state index contributed by atoms with van der Waals surface area (Å²) in [7, 11) is 0. The maximum absolute atomic E-state index is 12.0. The highest BCUT2D eigenvalue weighted by molar-refractivity contribution is 5.88. The maximum Gasteiger partial charge on any atom is 0.337 e. The van der Waals surface area contributed by atoms with E-state index in [1.165, 1.54) is 19.8 Å². The van der Waals surface area contributed by atoms with Gasteiger partial charge < -0.3 is 9.47 Å². The molecule has 2 rings (SSSR count). The van der Waals surface area contributed by atoms with E-state index in [9.17, 15) is 9.59 Å². The van der Waals surface area contributed by atoms with Crippen molar-refractivity contribution in [3.8, 4) is 0 Å². The van der Waals surface area contributed by atoms with Crippen molar-refractivity contribution >= 4 is 11.9 Å². The molecule has 2 aliphatic carbocycles. The summed E-state index contributed by atoms with van der Waals surface area (Å²) in [6, 6.07) is 0. The van der Waals surface area contributed by atoms with Crippen LogP contribution in [0.1, 0.15) is 46.0 Å². The van der Waals surface area contributed by atoms with Gasteiger partial charge in [0, 0.05) is 6.92 Å². The molecule has 2 bridgehead atoms. The van der Waals surface area contributed by atoms with E-state index in [1.54, 1.807) is 0 Å². The zero-order valence-corrected chi connectivity index (χ0v) is 11.7. The zero-order chi connectivity index (χ0) is 14.0. The average molecular weight is 266 g/mol. The molecule has 2 saturated carbocycles. The predicted octanol–water partition coefficient (Wildman–Crippen LogP) is 2.62. The standard InChI is InChI=1S/C15H22O4/c1-4-15(8-12-5-6-13(15)7-12)19-14(17)10(2)9-18-11(3)16/h12-13H,2,4-9H2,1,3H3. The van der Waals surface area contributed by atoms with E-state index in [4.69, 9.17) is 9.47 Å². The van der Waals surface area contributed by atoms with Crippen LogP contribution in [0.4, 0.5) is 0 Å². The number of ether oxygens (including phenoxy) is 2. The van der Waals surface area contributed by atoms with E-state index in [0.717, 1.165) is 19.3 Å². The predicted molar refractivity (Wildman–Crippen MR) is 70.3 cm³/mol. The van der Waals surface area contributed by atoms with Crippen molar-refractivity contribution in [1.29, 1.82) is 0 Å². The molecule has 4 heteroatoms. The molecule has 0 aromatic heterocycles. The van der Waals surface area contributed by atoms with Gasteiger partial charge in [-0.15, -0.1) is 0 Å². The van der Waals surface area contributed by atoms with Gasteiger partial charge in [-0.05, 0) is 43.9 Å². The molecule has 0 spiro atoms. The molecule has 106 valence electrons. The molecule has 0 heterocycles. The molecule has 0 N–H and O–H groups in total. The van der Waals surface area contributed by atoms with Crippen LogP contribution in [-0.2, 0) is 19.1 Å². The molecular formula is C15H22O4. The van der Waals surface area contributed by atoms with Crippen molar-refractivity contribution < 1.29 is 19.1 Å². The van der Waals surface area contributed by atoms with E-state index in [0.29, 0.717) is 11.8 Å². The molecule has 2 aliphatic rings. The van der Waals surface area contributed by atoms with Crippen molar-refractivity contribution in [1.82, 2.24) is 0 Å². The Balaban J connectivity index is 1.94. The first-order valence-corrected chi connectivity index (χ1v) is 7.01. The lowest BCUT2D eigenvalue weighted by Gasteiger charge is -2.36. The van der Waals surface area contributed by atoms with Gasteiger partial charge >= 0.3 is 11.9 Å². The maximum atomic E-state index is 12.0. The van der Waals surface area contributed by atoms with Gasteiger partial charge in [0.15, 0.2) is 0 Å². The summed E-state index contributed by atoms with van der Waals surface area (Å²) >= 11 is 0. The molecule has 0 aromatic carbocycles. The molecule has 3 atom stereocenters. The van der Waals surface area contributed by atoms with E-state index in [-0.39, 0.29) is 17.8 Å². The number of fused-ring (bicyclic) bond motifs is 2. The Kier molecular flexibility index (Phi) is 3.97. The Morgan fingerprint density at radius 1 is 1.37 bits per heavy atom. The SMILES string of the molecule is C=C(COC(C)=O)C(=O)OC1(CC)CC2CCC1C2. The molecule has 0 amide bonds. The van der Waals surface area contributed by atoms with E-state index in [2.05, 4.69) is 13.5 Å². The molecule has 3 unspecified atom stereocenters. The van der Waals surface area contributed by atoms with Crippen LogP contribution >= 0.6 is 0 Å². The molecule has 2 fully saturated rings. The second-order valence-electron chi connectivity index (χ2n) is 5.77. The highest BCUT2D eigenvalue weighted by Crippen LogP contribution is 2.54. The summed E-state index contributed by atoms with van der Waals surface area (Å²) in [6.45, 7) is 6.94. The normalized spacial score (nSPS) is 32.1. The number of esters is 2. The first-order valence-electron chi connectivity index (χ1n) is 7.01. The minimum Gasteiger partial charge on any atom is -0.461 e. The quantitative estimate of drug-likeness (QED) is 0.567. The molecule has 4 nitrogen and oxygen atoms in total. The molecule has 0 saturated heterocycles. The second kappa shape index (κ2) is 5.35. The van der Waals surface area contributed by atoms with Crippen molar-refractivity contribution in [3.05, 3.63) is 12.2 Å². The summed E-state index contributed by atoms with van der Waals surface area (Å²) < 4.78 is 10.5. The third-order valence-corrected chi connectivity index (χ3v) is 4.55. The zero-order valence-electron chi connectivity index (χ0n) is 11.7. The lowest BCUT2D eigenvalue weighted by molar-refractivity contribution is -0.162. The monoisotopic (exact) mass is 266 g/mol. The molecule has 0 aliphatic heterocycles. The fraction of sp³-hybridized carbons (Fsp3) is 0.733. The Bertz CT molecular complexity index is 401. The first kappa shape index (κ1) is 14.1. The number of hydrogen-bond donors (Lipinski definition) is 0. The fourth-order valence-corrected chi connectivity index (χ4v) is 3.53. The van der Waals surface area contributed by atoms with Gasteiger partial charge in [-0.3, -0.25) is 4.79 Å². The summed E-state index contributed by atoms with van der Waals surface area (Å²) in [5, 5.41) is 0. The van der Waals surface area contributed by atoms with E-state index >= 15 is 0 Å². The van der Waals surface area contributed by atoms with Crippen LogP contribution in [0, 0.1) is 11.8 Å². The minimum atomic E-state index is -0.421. The van der Waals surface area contributed by atoms with Crippen LogP contribution in [0.2, 0.25) is 0 Å². The molecule has 0 radical (unpaired) electrons. The smallest absolute Gasteiger partial charge is 0.337 e. The van der Waals surface area contributed by atoms with Gasteiger partial charge in [-0.25, -0.2) is 4.79 Å². The van der Waals surface area contributed by atoms with Crippen LogP contribution in [0.15, 0.2) is 12.2 Å². The highest BCUT2D eigenvalue weighted by atomic mass is 16.6. The van der Waals surface area contributed by atoms with Gasteiger partial charge in [-0.2, -0.15) is 0 Å². The Hall–Kier alpha value is -1.32. The fourth-order valence-electron chi connectivity index (χ4n) is 3.53. The average Bonchev–Trinajstić information content (AvgIpc) is 2.96. The third kappa shape index (κ3) is 2.82. The van der Waals surface area contributed by atoms with Crippen LogP contribution in [0.3, 0.4) is 0 Å². The van der Waals surface area contributed by atoms with Crippen LogP contribution in [-0.4, -0.2) is 24.1 Å². The molecular weight excluding hydrogens is 244 g/mol. The first-order chi connectivity index (χ1) is 8.97. The number of carbonyl (C=O) groups excluding carboxylic acids is 2. The van der Waals surface area contributed by atoms with Crippen LogP contribution in [0.25, 0.3) is 0 Å². The van der Waals surface area contributed by atoms with Gasteiger partial charge in [-0.1, -0.05) is 13.5 Å². The number of rotatable bonds is 5. The van der Waals surface area contributed by atoms with Gasteiger partial charge in [0.1, 0.15) is 12.2 Å². The van der Waals surface area contributed by atoms with Crippen molar-refractivity contribution in [3.63, 3.8) is 0 Å². The van der Waals surface area contributed by atoms with Crippen LogP contribution < -0.4 is 0 Å². The largest absolute Gasteiger partial charge is 0.461 e. The van der Waals surface area contributed by atoms with E-state index < -0.39 is 11.9 Å². The number of hydrogen-bond acceptors (Lipinski definition) is 4. The Labute approximate surface area is 114 Å². The minimum absolute atomic E-state index is 0.0813. The topological polar surface area (TPSA) is 52.6 Å². The summed E-state index contributed by atoms with van der Waals surface area (Å²) in [6.07, 6.45) is 5.42. The summed E-state index contributed by atoms with van der Waals surface area (Å²) in [5.74, 6) is 0.363. The van der Waals surface area contributed by atoms with Gasteiger partial charge in [0.25, 0.3) is 0 Å². The number of carbonyl (C=O) groups is 2. The Morgan fingerprint density at radius 3 is 2.58 bits per heavy atom. The molecule has 19 heavy (non-hydrogen) atoms. The van der Waals surface area contributed by atoms with Crippen LogP contribution in [0.5, 0.6) is 0 Å². The van der Waals surface area contributed by atoms with Crippen molar-refractivity contribution in [2.75, 3.05) is 6.61 Å². The molecule has 0 aromatic rings. The summed E-state index contributed by atoms with van der Waals surface area (Å²) in [5.41, 5.74) is -0.0927. The van der Waals surface area contributed by atoms with E-state index in [1.807, 2.05) is 0 Å². The Morgan fingerprint density at radius 2 is 2.11 bits per heavy atom. The van der Waals surface area contributed by atoms with Gasteiger partial charge in [0.05, 0.1) is 5.57 Å².